The van der Waals surface area contributed by atoms with Crippen LogP contribution in [-0.4, -0.2) is 34.1 Å². The third-order valence-electron chi connectivity index (χ3n) is 2.76. The van der Waals surface area contributed by atoms with Crippen molar-refractivity contribution in [3.05, 3.63) is 12.7 Å². The summed E-state index contributed by atoms with van der Waals surface area (Å²) in [5.74, 6) is 0. The van der Waals surface area contributed by atoms with E-state index < -0.39 is 5.60 Å². The fourth-order valence-corrected chi connectivity index (χ4v) is 1.55. The Balaban J connectivity index is 2.64. The van der Waals surface area contributed by atoms with Crippen LogP contribution < -0.4 is 0 Å². The van der Waals surface area contributed by atoms with Gasteiger partial charge in [-0.2, -0.15) is 0 Å². The summed E-state index contributed by atoms with van der Waals surface area (Å²) >= 11 is 0. The first kappa shape index (κ1) is 10.7. The van der Waals surface area contributed by atoms with Gasteiger partial charge < -0.3 is 14.9 Å². The first-order valence-electron chi connectivity index (χ1n) is 4.58. The lowest BCUT2D eigenvalue weighted by Crippen LogP contribution is -2.43. The fourth-order valence-electron chi connectivity index (χ4n) is 1.55. The van der Waals surface area contributed by atoms with Crippen LogP contribution in [0, 0.1) is 0 Å². The second-order valence-corrected chi connectivity index (χ2v) is 4.18. The molecule has 0 spiro atoms. The predicted molar refractivity (Wildman–Crippen MR) is 50.4 cm³/mol. The lowest BCUT2D eigenvalue weighted by atomic mass is 9.96. The maximum Gasteiger partial charge on any atom is 0.111 e. The van der Waals surface area contributed by atoms with E-state index in [0.717, 1.165) is 12.8 Å². The van der Waals surface area contributed by atoms with Crippen LogP contribution in [0.15, 0.2) is 12.7 Å². The first-order valence-corrected chi connectivity index (χ1v) is 4.58. The molecule has 0 aromatic rings. The molecule has 1 heterocycles. The minimum atomic E-state index is -1.14. The highest BCUT2D eigenvalue weighted by molar-refractivity contribution is 5.02. The van der Waals surface area contributed by atoms with Crippen molar-refractivity contribution in [2.24, 2.45) is 0 Å². The summed E-state index contributed by atoms with van der Waals surface area (Å²) in [4.78, 5) is 0. The summed E-state index contributed by atoms with van der Waals surface area (Å²) < 4.78 is 5.63. The van der Waals surface area contributed by atoms with Crippen LogP contribution in [0.25, 0.3) is 0 Å². The Labute approximate surface area is 79.0 Å². The van der Waals surface area contributed by atoms with Crippen molar-refractivity contribution in [2.45, 2.75) is 44.0 Å². The number of aliphatic hydroxyl groups excluding tert-OH is 1. The van der Waals surface area contributed by atoms with E-state index in [1.165, 1.54) is 0 Å². The van der Waals surface area contributed by atoms with E-state index in [0.29, 0.717) is 0 Å². The van der Waals surface area contributed by atoms with E-state index in [-0.39, 0.29) is 18.3 Å². The van der Waals surface area contributed by atoms with Gasteiger partial charge in [0.15, 0.2) is 0 Å². The molecule has 1 saturated heterocycles. The molecule has 13 heavy (non-hydrogen) atoms. The van der Waals surface area contributed by atoms with Crippen LogP contribution in [0.1, 0.15) is 26.7 Å². The molecule has 0 bridgehead atoms. The molecule has 3 atom stereocenters. The molecule has 1 aliphatic rings. The number of ether oxygens (including phenoxy) is 1. The normalized spacial score (nSPS) is 38.6. The summed E-state index contributed by atoms with van der Waals surface area (Å²) in [6.07, 6.45) is 3.06. The Kier molecular flexibility index (Phi) is 2.80. The third-order valence-corrected chi connectivity index (χ3v) is 2.76. The van der Waals surface area contributed by atoms with E-state index in [1.807, 2.05) is 6.92 Å². The van der Waals surface area contributed by atoms with Crippen LogP contribution in [0.4, 0.5) is 0 Å². The molecular weight excluding hydrogens is 168 g/mol. The Morgan fingerprint density at radius 2 is 2.38 bits per heavy atom. The van der Waals surface area contributed by atoms with E-state index in [4.69, 9.17) is 9.84 Å². The molecule has 0 aromatic carbocycles. The summed E-state index contributed by atoms with van der Waals surface area (Å²) in [5.41, 5.74) is -1.48. The minimum Gasteiger partial charge on any atom is -0.393 e. The molecule has 76 valence electrons. The van der Waals surface area contributed by atoms with Crippen molar-refractivity contribution in [1.82, 2.24) is 0 Å². The SMILES string of the molecule is C=CC1(C)CCC(C(C)(O)CO)O1. The van der Waals surface area contributed by atoms with Gasteiger partial charge in [0.2, 0.25) is 0 Å². The molecule has 0 aliphatic carbocycles. The summed E-state index contributed by atoms with van der Waals surface area (Å²) in [6.45, 7) is 6.94. The maximum absolute atomic E-state index is 9.74. The van der Waals surface area contributed by atoms with Gasteiger partial charge in [-0.05, 0) is 26.7 Å². The van der Waals surface area contributed by atoms with Gasteiger partial charge in [0.25, 0.3) is 0 Å². The van der Waals surface area contributed by atoms with Gasteiger partial charge in [0, 0.05) is 0 Å². The molecule has 3 unspecified atom stereocenters. The van der Waals surface area contributed by atoms with E-state index in [9.17, 15) is 5.11 Å². The van der Waals surface area contributed by atoms with E-state index >= 15 is 0 Å². The van der Waals surface area contributed by atoms with E-state index in [1.54, 1.807) is 13.0 Å². The summed E-state index contributed by atoms with van der Waals surface area (Å²) in [6, 6.07) is 0. The van der Waals surface area contributed by atoms with E-state index in [2.05, 4.69) is 6.58 Å². The molecule has 0 aromatic heterocycles. The second kappa shape index (κ2) is 3.40. The van der Waals surface area contributed by atoms with Crippen molar-refractivity contribution in [1.29, 1.82) is 0 Å². The molecule has 0 amide bonds. The Bertz CT molecular complexity index is 200. The molecule has 3 nitrogen and oxygen atoms in total. The first-order chi connectivity index (χ1) is 5.93. The van der Waals surface area contributed by atoms with Crippen LogP contribution in [0.5, 0.6) is 0 Å². The van der Waals surface area contributed by atoms with Crippen molar-refractivity contribution in [3.63, 3.8) is 0 Å². The molecule has 2 N–H and O–H groups in total. The van der Waals surface area contributed by atoms with Gasteiger partial charge >= 0.3 is 0 Å². The lowest BCUT2D eigenvalue weighted by molar-refractivity contribution is -0.128. The quantitative estimate of drug-likeness (QED) is 0.642. The van der Waals surface area contributed by atoms with Crippen molar-refractivity contribution < 1.29 is 14.9 Å². The standard InChI is InChI=1S/C10H18O3/c1-4-9(2)6-5-8(13-9)10(3,12)7-11/h4,8,11-12H,1,5-7H2,2-3H3. The topological polar surface area (TPSA) is 49.7 Å². The number of rotatable bonds is 3. The van der Waals surface area contributed by atoms with Gasteiger partial charge in [0.1, 0.15) is 5.60 Å². The highest BCUT2D eigenvalue weighted by atomic mass is 16.5. The maximum atomic E-state index is 9.74. The Hall–Kier alpha value is -0.380. The van der Waals surface area contributed by atoms with Crippen LogP contribution in [-0.2, 0) is 4.74 Å². The largest absolute Gasteiger partial charge is 0.393 e. The van der Waals surface area contributed by atoms with Gasteiger partial charge in [0.05, 0.1) is 18.3 Å². The average Bonchev–Trinajstić information content (AvgIpc) is 2.50. The zero-order valence-electron chi connectivity index (χ0n) is 8.29. The van der Waals surface area contributed by atoms with Gasteiger partial charge in [-0.15, -0.1) is 6.58 Å². The van der Waals surface area contributed by atoms with Gasteiger partial charge in [-0.25, -0.2) is 0 Å². The lowest BCUT2D eigenvalue weighted by Gasteiger charge is -2.29. The molecule has 1 rings (SSSR count). The predicted octanol–water partition coefficient (Wildman–Crippen LogP) is 0.853. The molecule has 0 radical (unpaired) electrons. The number of aliphatic hydroxyl groups is 2. The molecule has 1 aliphatic heterocycles. The molecular formula is C10H18O3. The highest BCUT2D eigenvalue weighted by Gasteiger charge is 2.42. The zero-order chi connectivity index (χ0) is 10.1. The minimum absolute atomic E-state index is 0.273. The molecule has 1 fully saturated rings. The third kappa shape index (κ3) is 2.10. The molecule has 0 saturated carbocycles. The monoisotopic (exact) mass is 186 g/mol. The smallest absolute Gasteiger partial charge is 0.111 e. The van der Waals surface area contributed by atoms with Gasteiger partial charge in [-0.1, -0.05) is 6.08 Å². The van der Waals surface area contributed by atoms with Gasteiger partial charge in [-0.3, -0.25) is 0 Å². The van der Waals surface area contributed by atoms with Crippen LogP contribution >= 0.6 is 0 Å². The van der Waals surface area contributed by atoms with Crippen molar-refractivity contribution >= 4 is 0 Å². The Morgan fingerprint density at radius 3 is 2.77 bits per heavy atom. The average molecular weight is 186 g/mol. The van der Waals surface area contributed by atoms with Crippen LogP contribution in [0.2, 0.25) is 0 Å². The van der Waals surface area contributed by atoms with Crippen molar-refractivity contribution in [3.8, 4) is 0 Å². The van der Waals surface area contributed by atoms with Crippen molar-refractivity contribution in [2.75, 3.05) is 6.61 Å². The number of hydrogen-bond acceptors (Lipinski definition) is 3. The summed E-state index contributed by atoms with van der Waals surface area (Å²) in [5, 5.41) is 18.7. The zero-order valence-corrected chi connectivity index (χ0v) is 8.29. The second-order valence-electron chi connectivity index (χ2n) is 4.18. The Morgan fingerprint density at radius 1 is 1.77 bits per heavy atom. The highest BCUT2D eigenvalue weighted by Crippen LogP contribution is 2.35. The molecule has 3 heteroatoms. The number of hydrogen-bond donors (Lipinski definition) is 2. The summed E-state index contributed by atoms with van der Waals surface area (Å²) in [7, 11) is 0. The van der Waals surface area contributed by atoms with Crippen LogP contribution in [0.3, 0.4) is 0 Å². The fraction of sp³-hybridized carbons (Fsp3) is 0.800.